The smallest absolute Gasteiger partial charge is 0.255 e. The Bertz CT molecular complexity index is 1330. The van der Waals surface area contributed by atoms with Gasteiger partial charge in [-0.25, -0.2) is 4.98 Å². The van der Waals surface area contributed by atoms with Gasteiger partial charge in [0.15, 0.2) is 11.7 Å². The Morgan fingerprint density at radius 1 is 1.06 bits per heavy atom. The van der Waals surface area contributed by atoms with E-state index in [1.165, 1.54) is 0 Å². The van der Waals surface area contributed by atoms with Gasteiger partial charge >= 0.3 is 0 Å². The van der Waals surface area contributed by atoms with Crippen LogP contribution in [0.2, 0.25) is 0 Å². The molecule has 4 heterocycles. The molecule has 0 radical (unpaired) electrons. The number of fused-ring (bicyclic) bond motifs is 1. The van der Waals surface area contributed by atoms with Gasteiger partial charge in [0.05, 0.1) is 0 Å². The van der Waals surface area contributed by atoms with Crippen LogP contribution < -0.4 is 5.32 Å². The van der Waals surface area contributed by atoms with Gasteiger partial charge in [0, 0.05) is 49.2 Å². The Labute approximate surface area is 202 Å². The lowest BCUT2D eigenvalue weighted by Gasteiger charge is -2.35. The summed E-state index contributed by atoms with van der Waals surface area (Å²) in [5, 5.41) is 2.35. The van der Waals surface area contributed by atoms with E-state index in [9.17, 15) is 14.4 Å². The van der Waals surface area contributed by atoms with Gasteiger partial charge in [-0.3, -0.25) is 19.7 Å². The molecular weight excluding hydrogens is 444 g/mol. The lowest BCUT2D eigenvalue weighted by molar-refractivity contribution is -0.136. The van der Waals surface area contributed by atoms with Crippen molar-refractivity contribution in [3.8, 4) is 22.6 Å². The minimum atomic E-state index is -0.629. The summed E-state index contributed by atoms with van der Waals surface area (Å²) in [6.07, 6.45) is 1.37. The van der Waals surface area contributed by atoms with Crippen molar-refractivity contribution in [3.05, 3.63) is 65.5 Å². The second kappa shape index (κ2) is 8.46. The van der Waals surface area contributed by atoms with Crippen LogP contribution in [-0.4, -0.2) is 58.7 Å². The van der Waals surface area contributed by atoms with Gasteiger partial charge < -0.3 is 14.2 Å². The maximum absolute atomic E-state index is 13.1. The molecule has 3 aliphatic heterocycles. The summed E-state index contributed by atoms with van der Waals surface area (Å²) < 4.78 is 6.29. The summed E-state index contributed by atoms with van der Waals surface area (Å²) in [7, 11) is 2.11. The molecule has 0 aliphatic carbocycles. The van der Waals surface area contributed by atoms with E-state index in [1.54, 1.807) is 4.90 Å². The van der Waals surface area contributed by atoms with Crippen molar-refractivity contribution in [1.82, 2.24) is 20.1 Å². The number of aromatic nitrogens is 1. The van der Waals surface area contributed by atoms with E-state index < -0.39 is 11.9 Å². The summed E-state index contributed by atoms with van der Waals surface area (Å²) in [5.74, 6) is 1.10. The Morgan fingerprint density at radius 3 is 2.60 bits per heavy atom. The number of carbonyl (C=O) groups excluding carboxylic acids is 3. The molecule has 6 rings (SSSR count). The number of amides is 3. The van der Waals surface area contributed by atoms with E-state index in [2.05, 4.69) is 17.3 Å². The van der Waals surface area contributed by atoms with Crippen LogP contribution in [0.15, 0.2) is 52.9 Å². The quantitative estimate of drug-likeness (QED) is 0.576. The zero-order valence-corrected chi connectivity index (χ0v) is 19.5. The number of hydrogen-bond acceptors (Lipinski definition) is 6. The van der Waals surface area contributed by atoms with Crippen molar-refractivity contribution >= 4 is 17.7 Å². The van der Waals surface area contributed by atoms with Crippen LogP contribution in [0.3, 0.4) is 0 Å². The topological polar surface area (TPSA) is 95.8 Å². The SMILES string of the molecule is CN1CC(Cc2nc(-c3ccc4c(c3)CN(C3CCC(=O)NC3=O)C4=O)c(-c3ccccc3)o2)C1. The van der Waals surface area contributed by atoms with Crippen molar-refractivity contribution in [2.24, 2.45) is 5.92 Å². The largest absolute Gasteiger partial charge is 0.440 e. The first-order valence-corrected chi connectivity index (χ1v) is 12.0. The molecule has 0 saturated carbocycles. The van der Waals surface area contributed by atoms with Crippen molar-refractivity contribution < 1.29 is 18.8 Å². The van der Waals surface area contributed by atoms with Crippen LogP contribution in [0.4, 0.5) is 0 Å². The first kappa shape index (κ1) is 21.7. The molecule has 0 spiro atoms. The molecule has 35 heavy (non-hydrogen) atoms. The molecule has 8 nitrogen and oxygen atoms in total. The first-order valence-electron chi connectivity index (χ1n) is 12.0. The van der Waals surface area contributed by atoms with E-state index in [0.29, 0.717) is 24.4 Å². The fraction of sp³-hybridized carbons (Fsp3) is 0.333. The minimum absolute atomic E-state index is 0.181. The number of nitrogens with one attached hydrogen (secondary N) is 1. The number of hydrogen-bond donors (Lipinski definition) is 1. The summed E-state index contributed by atoms with van der Waals surface area (Å²) in [4.78, 5) is 45.7. The Morgan fingerprint density at radius 2 is 1.86 bits per heavy atom. The molecule has 2 aromatic carbocycles. The summed E-state index contributed by atoms with van der Waals surface area (Å²) in [6.45, 7) is 2.40. The number of oxazole rings is 1. The van der Waals surface area contributed by atoms with E-state index in [4.69, 9.17) is 9.40 Å². The summed E-state index contributed by atoms with van der Waals surface area (Å²) in [6, 6.07) is 15.0. The van der Waals surface area contributed by atoms with Crippen molar-refractivity contribution in [1.29, 1.82) is 0 Å². The summed E-state index contributed by atoms with van der Waals surface area (Å²) >= 11 is 0. The van der Waals surface area contributed by atoms with Crippen molar-refractivity contribution in [2.45, 2.75) is 31.8 Å². The van der Waals surface area contributed by atoms with Crippen LogP contribution in [-0.2, 0) is 22.6 Å². The molecule has 2 saturated heterocycles. The Kier molecular flexibility index (Phi) is 5.25. The second-order valence-corrected chi connectivity index (χ2v) is 9.71. The van der Waals surface area contributed by atoms with Crippen LogP contribution in [0.5, 0.6) is 0 Å². The van der Waals surface area contributed by atoms with Gasteiger partial charge in [-0.15, -0.1) is 0 Å². The molecule has 0 bridgehead atoms. The zero-order valence-electron chi connectivity index (χ0n) is 19.5. The molecule has 3 aromatic rings. The maximum atomic E-state index is 13.1. The zero-order chi connectivity index (χ0) is 24.1. The standard InChI is InChI=1S/C27H26N4O4/c1-30-13-16(14-30)11-23-29-24(25(35-23)17-5-3-2-4-6-17)18-7-8-20-19(12-18)15-31(27(20)34)21-9-10-22(32)28-26(21)33/h2-8,12,16,21H,9-11,13-15H2,1H3,(H,28,32,33). The highest BCUT2D eigenvalue weighted by molar-refractivity contribution is 6.05. The van der Waals surface area contributed by atoms with Crippen LogP contribution >= 0.6 is 0 Å². The molecule has 1 atom stereocenters. The van der Waals surface area contributed by atoms with Gasteiger partial charge in [-0.1, -0.05) is 36.4 Å². The van der Waals surface area contributed by atoms with Gasteiger partial charge in [0.1, 0.15) is 11.7 Å². The van der Waals surface area contributed by atoms with Crippen molar-refractivity contribution in [3.63, 3.8) is 0 Å². The van der Waals surface area contributed by atoms with Gasteiger partial charge in [0.2, 0.25) is 11.8 Å². The molecular formula is C27H26N4O4. The Balaban J connectivity index is 1.32. The summed E-state index contributed by atoms with van der Waals surface area (Å²) in [5.41, 5.74) is 4.02. The second-order valence-electron chi connectivity index (χ2n) is 9.71. The Hall–Kier alpha value is -3.78. The number of benzene rings is 2. The van der Waals surface area contributed by atoms with E-state index in [1.807, 2.05) is 48.5 Å². The monoisotopic (exact) mass is 470 g/mol. The fourth-order valence-corrected chi connectivity index (χ4v) is 5.36. The predicted molar refractivity (Wildman–Crippen MR) is 128 cm³/mol. The number of carbonyl (C=O) groups is 3. The van der Waals surface area contributed by atoms with E-state index >= 15 is 0 Å². The normalized spacial score (nSPS) is 20.7. The third kappa shape index (κ3) is 3.93. The molecule has 178 valence electrons. The third-order valence-electron chi connectivity index (χ3n) is 7.11. The van der Waals surface area contributed by atoms with Gasteiger partial charge in [-0.2, -0.15) is 0 Å². The highest BCUT2D eigenvalue weighted by atomic mass is 16.4. The average Bonchev–Trinajstić information content (AvgIpc) is 3.40. The molecule has 2 fully saturated rings. The van der Waals surface area contributed by atoms with Crippen LogP contribution in [0.25, 0.3) is 22.6 Å². The van der Waals surface area contributed by atoms with Crippen LogP contribution in [0, 0.1) is 5.92 Å². The number of piperidine rings is 1. The maximum Gasteiger partial charge on any atom is 0.255 e. The molecule has 1 N–H and O–H groups in total. The number of nitrogens with zero attached hydrogens (tertiary/aromatic N) is 3. The number of rotatable bonds is 5. The molecule has 3 aliphatic rings. The van der Waals surface area contributed by atoms with Crippen molar-refractivity contribution in [2.75, 3.05) is 20.1 Å². The lowest BCUT2D eigenvalue weighted by Crippen LogP contribution is -2.52. The first-order chi connectivity index (χ1) is 17.0. The molecule has 3 amide bonds. The highest BCUT2D eigenvalue weighted by Crippen LogP contribution is 2.37. The molecule has 8 heteroatoms. The van der Waals surface area contributed by atoms with Gasteiger partial charge in [-0.05, 0) is 37.1 Å². The fourth-order valence-electron chi connectivity index (χ4n) is 5.36. The minimum Gasteiger partial charge on any atom is -0.440 e. The van der Waals surface area contributed by atoms with Gasteiger partial charge in [0.25, 0.3) is 5.91 Å². The molecule has 1 unspecified atom stereocenters. The van der Waals surface area contributed by atoms with E-state index in [0.717, 1.165) is 53.5 Å². The van der Waals surface area contributed by atoms with Crippen LogP contribution in [0.1, 0.15) is 34.7 Å². The number of imide groups is 1. The van der Waals surface area contributed by atoms with E-state index in [-0.39, 0.29) is 18.2 Å². The molecule has 1 aromatic heterocycles. The predicted octanol–water partition coefficient (Wildman–Crippen LogP) is 2.87. The third-order valence-corrected chi connectivity index (χ3v) is 7.11. The average molecular weight is 471 g/mol. The number of likely N-dealkylation sites (tertiary alicyclic amines) is 1. The lowest BCUT2D eigenvalue weighted by atomic mass is 9.97. The highest BCUT2D eigenvalue weighted by Gasteiger charge is 2.39.